The van der Waals surface area contributed by atoms with Crippen LogP contribution in [0.5, 0.6) is 0 Å². The molecule has 1 aromatic heterocycles. The maximum absolute atomic E-state index is 13.6. The van der Waals surface area contributed by atoms with Gasteiger partial charge in [0.25, 0.3) is 0 Å². The van der Waals surface area contributed by atoms with Crippen molar-refractivity contribution >= 4 is 35.0 Å². The number of amides is 2. The summed E-state index contributed by atoms with van der Waals surface area (Å²) in [5.74, 6) is -1.24. The van der Waals surface area contributed by atoms with Crippen molar-refractivity contribution in [3.8, 4) is 0 Å². The van der Waals surface area contributed by atoms with Crippen molar-refractivity contribution in [3.63, 3.8) is 0 Å². The molecule has 0 spiro atoms. The lowest BCUT2D eigenvalue weighted by Crippen LogP contribution is -2.22. The molecule has 1 heterocycles. The zero-order chi connectivity index (χ0) is 16.8. The molecule has 1 aromatic carbocycles. The summed E-state index contributed by atoms with van der Waals surface area (Å²) in [6, 6.07) is 5.66. The second-order valence-electron chi connectivity index (χ2n) is 4.66. The van der Waals surface area contributed by atoms with E-state index in [-0.39, 0.29) is 11.6 Å². The lowest BCUT2D eigenvalue weighted by Gasteiger charge is -2.12. The summed E-state index contributed by atoms with van der Waals surface area (Å²) in [6.45, 7) is 3.00. The third kappa shape index (κ3) is 5.03. The van der Waals surface area contributed by atoms with Crippen molar-refractivity contribution in [2.45, 2.75) is 24.3 Å². The number of thioether (sulfide) groups is 1. The van der Waals surface area contributed by atoms with Crippen LogP contribution in [0.25, 0.3) is 0 Å². The van der Waals surface area contributed by atoms with Crippen LogP contribution in [0.3, 0.4) is 0 Å². The monoisotopic (exact) mass is 334 g/mol. The molecule has 2 N–H and O–H groups in total. The van der Waals surface area contributed by atoms with Crippen LogP contribution in [-0.2, 0) is 9.59 Å². The van der Waals surface area contributed by atoms with Gasteiger partial charge in [-0.25, -0.2) is 14.4 Å². The number of hydrogen-bond acceptors (Lipinski definition) is 5. The van der Waals surface area contributed by atoms with Gasteiger partial charge in [0.1, 0.15) is 5.82 Å². The Labute approximate surface area is 136 Å². The number of rotatable bonds is 5. The van der Waals surface area contributed by atoms with Gasteiger partial charge in [0.15, 0.2) is 5.16 Å². The van der Waals surface area contributed by atoms with E-state index in [1.807, 2.05) is 0 Å². The summed E-state index contributed by atoms with van der Waals surface area (Å²) >= 11 is 1.21. The molecule has 0 aliphatic heterocycles. The summed E-state index contributed by atoms with van der Waals surface area (Å²) in [6.07, 6.45) is 3.19. The van der Waals surface area contributed by atoms with Gasteiger partial charge in [0.2, 0.25) is 11.8 Å². The number of carbonyl (C=O) groups is 2. The topological polar surface area (TPSA) is 84.0 Å². The first-order chi connectivity index (χ1) is 11.0. The predicted octanol–water partition coefficient (Wildman–Crippen LogP) is 2.69. The van der Waals surface area contributed by atoms with Gasteiger partial charge in [0.05, 0.1) is 10.9 Å². The molecule has 2 rings (SSSR count). The Hall–Kier alpha value is -2.48. The highest BCUT2D eigenvalue weighted by Crippen LogP contribution is 2.22. The average Bonchev–Trinajstić information content (AvgIpc) is 2.51. The maximum atomic E-state index is 13.6. The van der Waals surface area contributed by atoms with E-state index >= 15 is 0 Å². The number of halogens is 1. The van der Waals surface area contributed by atoms with Gasteiger partial charge in [-0.2, -0.15) is 0 Å². The van der Waals surface area contributed by atoms with E-state index < -0.39 is 17.0 Å². The molecule has 8 heteroatoms. The van der Waals surface area contributed by atoms with Crippen LogP contribution < -0.4 is 10.6 Å². The largest absolute Gasteiger partial charge is 0.325 e. The van der Waals surface area contributed by atoms with Gasteiger partial charge < -0.3 is 10.6 Å². The van der Waals surface area contributed by atoms with E-state index in [0.29, 0.717) is 10.8 Å². The third-order valence-electron chi connectivity index (χ3n) is 2.74. The molecule has 0 saturated heterocycles. The number of benzene rings is 1. The molecule has 0 saturated carbocycles. The van der Waals surface area contributed by atoms with E-state index in [2.05, 4.69) is 20.6 Å². The van der Waals surface area contributed by atoms with E-state index in [0.717, 1.165) is 0 Å². The zero-order valence-electron chi connectivity index (χ0n) is 12.5. The van der Waals surface area contributed by atoms with Gasteiger partial charge in [-0.3, -0.25) is 9.59 Å². The Kier molecular flexibility index (Phi) is 5.64. The summed E-state index contributed by atoms with van der Waals surface area (Å²) in [7, 11) is 0. The summed E-state index contributed by atoms with van der Waals surface area (Å²) in [5, 5.41) is 5.09. The van der Waals surface area contributed by atoms with Gasteiger partial charge in [-0.15, -0.1) is 0 Å². The third-order valence-corrected chi connectivity index (χ3v) is 3.73. The van der Waals surface area contributed by atoms with E-state index in [1.165, 1.54) is 36.9 Å². The highest BCUT2D eigenvalue weighted by Gasteiger charge is 2.16. The lowest BCUT2D eigenvalue weighted by molar-refractivity contribution is -0.115. The predicted molar refractivity (Wildman–Crippen MR) is 86.7 cm³/mol. The Morgan fingerprint density at radius 3 is 2.57 bits per heavy atom. The van der Waals surface area contributed by atoms with Crippen LogP contribution in [0, 0.1) is 5.82 Å². The number of nitrogens with one attached hydrogen (secondary N) is 2. The number of anilines is 2. The van der Waals surface area contributed by atoms with Crippen LogP contribution in [0.4, 0.5) is 15.8 Å². The van der Waals surface area contributed by atoms with Gasteiger partial charge >= 0.3 is 0 Å². The molecule has 0 aliphatic rings. The molecule has 23 heavy (non-hydrogen) atoms. The number of carbonyl (C=O) groups excluding carboxylic acids is 2. The minimum absolute atomic E-state index is 0.0157. The zero-order valence-corrected chi connectivity index (χ0v) is 13.4. The quantitative estimate of drug-likeness (QED) is 0.649. The fourth-order valence-electron chi connectivity index (χ4n) is 1.69. The van der Waals surface area contributed by atoms with E-state index in [1.54, 1.807) is 25.4 Å². The number of hydrogen-bond donors (Lipinski definition) is 2. The van der Waals surface area contributed by atoms with Crippen molar-refractivity contribution in [3.05, 3.63) is 42.5 Å². The minimum atomic E-state index is -0.571. The van der Waals surface area contributed by atoms with Gasteiger partial charge in [0, 0.05) is 25.0 Å². The fourth-order valence-corrected chi connectivity index (χ4v) is 2.42. The lowest BCUT2D eigenvalue weighted by atomic mass is 10.2. The minimum Gasteiger partial charge on any atom is -0.325 e. The Morgan fingerprint density at radius 1 is 1.22 bits per heavy atom. The van der Waals surface area contributed by atoms with Gasteiger partial charge in [-0.05, 0) is 31.2 Å². The molecule has 2 amide bonds. The standard InChI is InChI=1S/C15H15FN4O2S/c1-9(23-15-17-6-3-7-18-15)14(22)20-11-4-5-12(16)13(8-11)19-10(2)21/h3-9H,1-2H3,(H,19,21)(H,20,22)/t9-/m1/s1. The second kappa shape index (κ2) is 7.68. The molecular weight excluding hydrogens is 319 g/mol. The van der Waals surface area contributed by atoms with Gasteiger partial charge in [-0.1, -0.05) is 11.8 Å². The molecule has 0 radical (unpaired) electrons. The van der Waals surface area contributed by atoms with Crippen LogP contribution in [0.15, 0.2) is 41.8 Å². The van der Waals surface area contributed by atoms with Crippen molar-refractivity contribution < 1.29 is 14.0 Å². The van der Waals surface area contributed by atoms with Crippen LogP contribution in [0.2, 0.25) is 0 Å². The first-order valence-electron chi connectivity index (χ1n) is 6.77. The number of aromatic nitrogens is 2. The highest BCUT2D eigenvalue weighted by atomic mass is 32.2. The van der Waals surface area contributed by atoms with Crippen molar-refractivity contribution in [1.82, 2.24) is 9.97 Å². The first-order valence-corrected chi connectivity index (χ1v) is 7.65. The van der Waals surface area contributed by atoms with Crippen molar-refractivity contribution in [2.24, 2.45) is 0 Å². The molecule has 0 aliphatic carbocycles. The fraction of sp³-hybridized carbons (Fsp3) is 0.200. The molecular formula is C15H15FN4O2S. The average molecular weight is 334 g/mol. The number of nitrogens with zero attached hydrogens (tertiary/aromatic N) is 2. The maximum Gasteiger partial charge on any atom is 0.237 e. The highest BCUT2D eigenvalue weighted by molar-refractivity contribution is 8.00. The molecule has 2 aromatic rings. The van der Waals surface area contributed by atoms with Crippen LogP contribution in [0.1, 0.15) is 13.8 Å². The summed E-state index contributed by atoms with van der Waals surface area (Å²) in [5.41, 5.74) is 0.406. The Bertz CT molecular complexity index is 712. The second-order valence-corrected chi connectivity index (χ2v) is 5.96. The Morgan fingerprint density at radius 2 is 1.91 bits per heavy atom. The molecule has 0 bridgehead atoms. The SMILES string of the molecule is CC(=O)Nc1cc(NC(=O)[C@@H](C)Sc2ncccn2)ccc1F. The molecule has 6 nitrogen and oxygen atoms in total. The molecule has 1 atom stereocenters. The van der Waals surface area contributed by atoms with Crippen molar-refractivity contribution in [2.75, 3.05) is 10.6 Å². The summed E-state index contributed by atoms with van der Waals surface area (Å²) in [4.78, 5) is 31.3. The van der Waals surface area contributed by atoms with Crippen LogP contribution >= 0.6 is 11.8 Å². The van der Waals surface area contributed by atoms with Crippen LogP contribution in [-0.4, -0.2) is 27.0 Å². The first kappa shape index (κ1) is 16.9. The van der Waals surface area contributed by atoms with E-state index in [9.17, 15) is 14.0 Å². The Balaban J connectivity index is 2.03. The molecule has 0 unspecified atom stereocenters. The normalized spacial score (nSPS) is 11.6. The smallest absolute Gasteiger partial charge is 0.237 e. The van der Waals surface area contributed by atoms with E-state index in [4.69, 9.17) is 0 Å². The van der Waals surface area contributed by atoms with Crippen molar-refractivity contribution in [1.29, 1.82) is 0 Å². The summed E-state index contributed by atoms with van der Waals surface area (Å²) < 4.78 is 13.6. The molecule has 120 valence electrons. The molecule has 0 fully saturated rings.